The fourth-order valence-electron chi connectivity index (χ4n) is 3.96. The van der Waals surface area contributed by atoms with Gasteiger partial charge in [-0.05, 0) is 23.6 Å². The summed E-state index contributed by atoms with van der Waals surface area (Å²) in [5, 5.41) is 15.9. The second-order valence-electron chi connectivity index (χ2n) is 7.91. The van der Waals surface area contributed by atoms with Crippen molar-refractivity contribution in [2.45, 2.75) is 19.8 Å². The van der Waals surface area contributed by atoms with E-state index in [0.717, 1.165) is 39.9 Å². The molecule has 1 N–H and O–H groups in total. The van der Waals surface area contributed by atoms with Crippen LogP contribution in [-0.4, -0.2) is 47.2 Å². The molecule has 2 heterocycles. The SMILES string of the molecule is CCc1ccc(-c2csc(NC(=O)CCN3C(=O)c4cccc([N+](=O)[O-])c4C3=O)c2C(=O)OC)cc1. The number of esters is 1. The van der Waals surface area contributed by atoms with Crippen LogP contribution in [0.3, 0.4) is 0 Å². The third-order valence-corrected chi connectivity index (χ3v) is 6.74. The molecule has 10 nitrogen and oxygen atoms in total. The zero-order valence-corrected chi connectivity index (χ0v) is 20.2. The van der Waals surface area contributed by atoms with E-state index >= 15 is 0 Å². The molecule has 0 spiro atoms. The quantitative estimate of drug-likeness (QED) is 0.208. The summed E-state index contributed by atoms with van der Waals surface area (Å²) in [6.07, 6.45) is 0.605. The van der Waals surface area contributed by atoms with Crippen molar-refractivity contribution in [1.29, 1.82) is 0 Å². The third kappa shape index (κ3) is 4.48. The van der Waals surface area contributed by atoms with Gasteiger partial charge >= 0.3 is 5.97 Å². The molecule has 36 heavy (non-hydrogen) atoms. The molecule has 4 rings (SSSR count). The van der Waals surface area contributed by atoms with Gasteiger partial charge in [-0.1, -0.05) is 37.3 Å². The van der Waals surface area contributed by atoms with Crippen molar-refractivity contribution < 1.29 is 28.8 Å². The second-order valence-corrected chi connectivity index (χ2v) is 8.79. The van der Waals surface area contributed by atoms with Gasteiger partial charge in [-0.25, -0.2) is 4.79 Å². The van der Waals surface area contributed by atoms with E-state index in [-0.39, 0.29) is 34.7 Å². The summed E-state index contributed by atoms with van der Waals surface area (Å²) >= 11 is 1.15. The molecule has 0 unspecified atom stereocenters. The number of nitro groups is 1. The molecule has 0 radical (unpaired) electrons. The average Bonchev–Trinajstić information content (AvgIpc) is 3.40. The summed E-state index contributed by atoms with van der Waals surface area (Å²) in [7, 11) is 1.25. The lowest BCUT2D eigenvalue weighted by molar-refractivity contribution is -0.385. The van der Waals surface area contributed by atoms with Crippen LogP contribution >= 0.6 is 11.3 Å². The maximum Gasteiger partial charge on any atom is 0.341 e. The van der Waals surface area contributed by atoms with Crippen LogP contribution in [0.5, 0.6) is 0 Å². The molecule has 0 fully saturated rings. The van der Waals surface area contributed by atoms with Gasteiger partial charge in [-0.2, -0.15) is 0 Å². The van der Waals surface area contributed by atoms with E-state index in [1.807, 2.05) is 31.2 Å². The number of amides is 3. The standard InChI is InChI=1S/C25H21N3O7S/c1-3-14-7-9-15(10-8-14)17-13-36-22(21(17)25(32)35-2)26-19(29)11-12-27-23(30)16-5-4-6-18(28(33)34)20(16)24(27)31/h4-10,13H,3,11-12H2,1-2H3,(H,26,29). The van der Waals surface area contributed by atoms with Gasteiger partial charge in [0.2, 0.25) is 5.91 Å². The lowest BCUT2D eigenvalue weighted by atomic mass is 10.0. The van der Waals surface area contributed by atoms with Crippen LogP contribution in [0.1, 0.15) is 50.0 Å². The molecule has 0 atom stereocenters. The number of benzene rings is 2. The van der Waals surface area contributed by atoms with Crippen LogP contribution in [0.4, 0.5) is 10.7 Å². The van der Waals surface area contributed by atoms with E-state index in [4.69, 9.17) is 4.74 Å². The van der Waals surface area contributed by atoms with Crippen LogP contribution in [0.2, 0.25) is 0 Å². The van der Waals surface area contributed by atoms with Gasteiger partial charge in [0.15, 0.2) is 0 Å². The molecule has 11 heteroatoms. The molecule has 3 aromatic rings. The minimum atomic E-state index is -0.820. The molecule has 1 aliphatic heterocycles. The van der Waals surface area contributed by atoms with E-state index in [9.17, 15) is 29.3 Å². The highest BCUT2D eigenvalue weighted by Crippen LogP contribution is 2.36. The van der Waals surface area contributed by atoms with Crippen molar-refractivity contribution in [3.05, 3.63) is 80.2 Å². The third-order valence-electron chi connectivity index (χ3n) is 5.84. The van der Waals surface area contributed by atoms with E-state index in [1.165, 1.54) is 19.2 Å². The fraction of sp³-hybridized carbons (Fsp3) is 0.200. The van der Waals surface area contributed by atoms with Crippen LogP contribution in [0, 0.1) is 10.1 Å². The van der Waals surface area contributed by atoms with Crippen molar-refractivity contribution in [3.8, 4) is 11.1 Å². The first-order chi connectivity index (χ1) is 17.3. The van der Waals surface area contributed by atoms with Gasteiger partial charge in [-0.3, -0.25) is 29.4 Å². The number of hydrogen-bond acceptors (Lipinski definition) is 8. The van der Waals surface area contributed by atoms with E-state index in [2.05, 4.69) is 5.32 Å². The maximum absolute atomic E-state index is 12.7. The minimum absolute atomic E-state index is 0.0698. The summed E-state index contributed by atoms with van der Waals surface area (Å²) in [4.78, 5) is 61.9. The second kappa shape index (κ2) is 10.1. The number of hydrogen-bond donors (Lipinski definition) is 1. The van der Waals surface area contributed by atoms with Crippen molar-refractivity contribution in [3.63, 3.8) is 0 Å². The van der Waals surface area contributed by atoms with Crippen LogP contribution in [0.15, 0.2) is 47.8 Å². The lowest BCUT2D eigenvalue weighted by Crippen LogP contribution is -2.33. The van der Waals surface area contributed by atoms with Crippen LogP contribution in [0.25, 0.3) is 11.1 Å². The Labute approximate surface area is 209 Å². The molecule has 0 bridgehead atoms. The predicted molar refractivity (Wildman–Crippen MR) is 132 cm³/mol. The smallest absolute Gasteiger partial charge is 0.341 e. The van der Waals surface area contributed by atoms with Crippen LogP contribution < -0.4 is 5.32 Å². The lowest BCUT2D eigenvalue weighted by Gasteiger charge is -2.13. The zero-order chi connectivity index (χ0) is 26.0. The van der Waals surface area contributed by atoms with E-state index in [1.54, 1.807) is 5.38 Å². The number of nitrogens with one attached hydrogen (secondary N) is 1. The Kier molecular flexibility index (Phi) is 6.93. The van der Waals surface area contributed by atoms with Gasteiger partial charge in [0.1, 0.15) is 16.1 Å². The number of aryl methyl sites for hydroxylation is 1. The largest absolute Gasteiger partial charge is 0.465 e. The Balaban J connectivity index is 1.50. The summed E-state index contributed by atoms with van der Waals surface area (Å²) in [5.74, 6) is -2.68. The summed E-state index contributed by atoms with van der Waals surface area (Å²) in [6, 6.07) is 11.5. The van der Waals surface area contributed by atoms with Gasteiger partial charge in [-0.15, -0.1) is 11.3 Å². The molecule has 3 amide bonds. The number of nitrogens with zero attached hydrogens (tertiary/aromatic N) is 2. The number of imide groups is 1. The van der Waals surface area contributed by atoms with Crippen molar-refractivity contribution in [2.24, 2.45) is 0 Å². The Bertz CT molecular complexity index is 1400. The number of rotatable bonds is 8. The number of carbonyl (C=O) groups excluding carboxylic acids is 4. The number of fused-ring (bicyclic) bond motifs is 1. The number of thiophene rings is 1. The van der Waals surface area contributed by atoms with Gasteiger partial charge in [0.05, 0.1) is 17.6 Å². The molecular formula is C25H21N3O7S. The van der Waals surface area contributed by atoms with Gasteiger partial charge in [0.25, 0.3) is 17.5 Å². The minimum Gasteiger partial charge on any atom is -0.465 e. The molecule has 0 saturated heterocycles. The Hall–Kier alpha value is -4.38. The van der Waals surface area contributed by atoms with E-state index < -0.39 is 34.3 Å². The highest BCUT2D eigenvalue weighted by molar-refractivity contribution is 7.15. The maximum atomic E-state index is 12.7. The summed E-state index contributed by atoms with van der Waals surface area (Å²) in [5.41, 5.74) is 1.93. The molecule has 184 valence electrons. The summed E-state index contributed by atoms with van der Waals surface area (Å²) < 4.78 is 4.92. The highest BCUT2D eigenvalue weighted by atomic mass is 32.1. The topological polar surface area (TPSA) is 136 Å². The average molecular weight is 508 g/mol. The van der Waals surface area contributed by atoms with Crippen molar-refractivity contribution >= 4 is 45.7 Å². The number of ether oxygens (including phenoxy) is 1. The summed E-state index contributed by atoms with van der Waals surface area (Å²) in [6.45, 7) is 1.76. The molecular weight excluding hydrogens is 486 g/mol. The molecule has 1 aliphatic rings. The molecule has 2 aromatic carbocycles. The number of anilines is 1. The first kappa shape index (κ1) is 24.7. The predicted octanol–water partition coefficient (Wildman–Crippen LogP) is 4.30. The van der Waals surface area contributed by atoms with Gasteiger partial charge in [0, 0.05) is 30.0 Å². The first-order valence-corrected chi connectivity index (χ1v) is 11.9. The van der Waals surface area contributed by atoms with Crippen molar-refractivity contribution in [1.82, 2.24) is 4.90 Å². The van der Waals surface area contributed by atoms with Gasteiger partial charge < -0.3 is 10.1 Å². The highest BCUT2D eigenvalue weighted by Gasteiger charge is 2.40. The fourth-order valence-corrected chi connectivity index (χ4v) is 4.93. The molecule has 0 saturated carbocycles. The molecule has 1 aromatic heterocycles. The Morgan fingerprint density at radius 2 is 1.81 bits per heavy atom. The monoisotopic (exact) mass is 507 g/mol. The normalized spacial score (nSPS) is 12.4. The number of nitro benzene ring substituents is 1. The van der Waals surface area contributed by atoms with Crippen molar-refractivity contribution in [2.75, 3.05) is 19.0 Å². The van der Waals surface area contributed by atoms with E-state index in [0.29, 0.717) is 5.56 Å². The Morgan fingerprint density at radius 1 is 1.08 bits per heavy atom. The number of methoxy groups -OCH3 is 1. The zero-order valence-electron chi connectivity index (χ0n) is 19.4. The van der Waals surface area contributed by atoms with Crippen LogP contribution in [-0.2, 0) is 16.0 Å². The molecule has 0 aliphatic carbocycles. The Morgan fingerprint density at radius 3 is 2.44 bits per heavy atom. The first-order valence-electron chi connectivity index (χ1n) is 11.0. The number of carbonyl (C=O) groups is 4.